The van der Waals surface area contributed by atoms with Gasteiger partial charge in [0.25, 0.3) is 0 Å². The molecule has 0 aromatic rings. The average molecular weight is 257 g/mol. The molecule has 18 heavy (non-hydrogen) atoms. The molecule has 0 aliphatic carbocycles. The van der Waals surface area contributed by atoms with E-state index in [1.54, 1.807) is 0 Å². The van der Waals surface area contributed by atoms with E-state index in [4.69, 9.17) is 5.11 Å². The summed E-state index contributed by atoms with van der Waals surface area (Å²) in [6, 6.07) is 0. The van der Waals surface area contributed by atoms with Crippen LogP contribution < -0.4 is 0 Å². The Morgan fingerprint density at radius 3 is 1.72 bits per heavy atom. The van der Waals surface area contributed by atoms with Crippen LogP contribution in [-0.4, -0.2) is 35.6 Å². The van der Waals surface area contributed by atoms with Crippen molar-refractivity contribution in [1.82, 2.24) is 4.90 Å². The summed E-state index contributed by atoms with van der Waals surface area (Å²) in [5.74, 6) is -0.679. The maximum Gasteiger partial charge on any atom is 0.304 e. The summed E-state index contributed by atoms with van der Waals surface area (Å²) in [5, 5.41) is 8.75. The SMILES string of the molecule is CCCCCCN(CCCCCC)CCC(=O)O. The van der Waals surface area contributed by atoms with Crippen molar-refractivity contribution in [3.63, 3.8) is 0 Å². The molecule has 0 saturated carbocycles. The second-order valence-electron chi connectivity index (χ2n) is 5.11. The maximum absolute atomic E-state index is 10.6. The lowest BCUT2D eigenvalue weighted by molar-refractivity contribution is -0.137. The molecule has 0 bridgehead atoms. The average Bonchev–Trinajstić information content (AvgIpc) is 2.35. The molecule has 0 atom stereocenters. The van der Waals surface area contributed by atoms with Crippen molar-refractivity contribution in [2.45, 2.75) is 71.6 Å². The van der Waals surface area contributed by atoms with Crippen LogP contribution in [0.3, 0.4) is 0 Å². The summed E-state index contributed by atoms with van der Waals surface area (Å²) in [6.07, 6.45) is 10.3. The van der Waals surface area contributed by atoms with Crippen LogP contribution in [0.5, 0.6) is 0 Å². The van der Waals surface area contributed by atoms with Crippen molar-refractivity contribution < 1.29 is 9.90 Å². The van der Waals surface area contributed by atoms with Gasteiger partial charge in [-0.3, -0.25) is 4.79 Å². The molecule has 0 aromatic carbocycles. The Hall–Kier alpha value is -0.570. The van der Waals surface area contributed by atoms with Gasteiger partial charge in [-0.2, -0.15) is 0 Å². The first-order chi connectivity index (χ1) is 8.70. The van der Waals surface area contributed by atoms with Gasteiger partial charge in [-0.15, -0.1) is 0 Å². The summed E-state index contributed by atoms with van der Waals surface area (Å²) in [7, 11) is 0. The van der Waals surface area contributed by atoms with Crippen LogP contribution in [0.25, 0.3) is 0 Å². The van der Waals surface area contributed by atoms with E-state index >= 15 is 0 Å². The predicted molar refractivity (Wildman–Crippen MR) is 77.0 cm³/mol. The third kappa shape index (κ3) is 11.9. The van der Waals surface area contributed by atoms with Crippen LogP contribution in [0.2, 0.25) is 0 Å². The molecule has 0 fully saturated rings. The lowest BCUT2D eigenvalue weighted by Gasteiger charge is -2.21. The molecule has 0 aliphatic rings. The highest BCUT2D eigenvalue weighted by atomic mass is 16.4. The Morgan fingerprint density at radius 2 is 1.33 bits per heavy atom. The van der Waals surface area contributed by atoms with Crippen molar-refractivity contribution in [3.8, 4) is 0 Å². The van der Waals surface area contributed by atoms with Crippen molar-refractivity contribution in [2.24, 2.45) is 0 Å². The van der Waals surface area contributed by atoms with E-state index in [1.165, 1.54) is 51.4 Å². The van der Waals surface area contributed by atoms with Gasteiger partial charge in [-0.1, -0.05) is 52.4 Å². The Balaban J connectivity index is 3.73. The fraction of sp³-hybridized carbons (Fsp3) is 0.933. The molecule has 0 spiro atoms. The molecular weight excluding hydrogens is 226 g/mol. The molecular formula is C15H31NO2. The standard InChI is InChI=1S/C15H31NO2/c1-3-5-7-9-12-16(14-11-15(17)18)13-10-8-6-4-2/h3-14H2,1-2H3,(H,17,18). The number of carboxylic acids is 1. The first-order valence-electron chi connectivity index (χ1n) is 7.64. The third-order valence-corrected chi connectivity index (χ3v) is 3.30. The van der Waals surface area contributed by atoms with E-state index in [-0.39, 0.29) is 6.42 Å². The Labute approximate surface area is 113 Å². The van der Waals surface area contributed by atoms with Gasteiger partial charge in [0.15, 0.2) is 0 Å². The van der Waals surface area contributed by atoms with Gasteiger partial charge in [-0.25, -0.2) is 0 Å². The van der Waals surface area contributed by atoms with Crippen LogP contribution in [0, 0.1) is 0 Å². The summed E-state index contributed by atoms with van der Waals surface area (Å²) in [5.41, 5.74) is 0. The minimum absolute atomic E-state index is 0.279. The Bertz CT molecular complexity index is 183. The fourth-order valence-corrected chi connectivity index (χ4v) is 2.11. The summed E-state index contributed by atoms with van der Waals surface area (Å²) < 4.78 is 0. The predicted octanol–water partition coefficient (Wildman–Crippen LogP) is 3.92. The molecule has 0 aromatic heterocycles. The lowest BCUT2D eigenvalue weighted by Crippen LogP contribution is -2.28. The molecule has 3 heteroatoms. The number of aliphatic carboxylic acids is 1. The van der Waals surface area contributed by atoms with Gasteiger partial charge >= 0.3 is 5.97 Å². The molecule has 0 radical (unpaired) electrons. The fourth-order valence-electron chi connectivity index (χ4n) is 2.11. The molecule has 0 rings (SSSR count). The minimum Gasteiger partial charge on any atom is -0.481 e. The molecule has 0 saturated heterocycles. The molecule has 3 nitrogen and oxygen atoms in total. The number of unbranched alkanes of at least 4 members (excludes halogenated alkanes) is 6. The number of carboxylic acid groups (broad SMARTS) is 1. The first-order valence-corrected chi connectivity index (χ1v) is 7.64. The van der Waals surface area contributed by atoms with E-state index in [1.807, 2.05) is 0 Å². The Morgan fingerprint density at radius 1 is 0.833 bits per heavy atom. The largest absolute Gasteiger partial charge is 0.481 e. The van der Waals surface area contributed by atoms with Gasteiger partial charge < -0.3 is 10.0 Å². The molecule has 0 heterocycles. The van der Waals surface area contributed by atoms with E-state index in [0.29, 0.717) is 6.54 Å². The third-order valence-electron chi connectivity index (χ3n) is 3.30. The number of hydrogen-bond acceptors (Lipinski definition) is 2. The lowest BCUT2D eigenvalue weighted by atomic mass is 10.1. The van der Waals surface area contributed by atoms with Crippen molar-refractivity contribution in [2.75, 3.05) is 19.6 Å². The zero-order chi connectivity index (χ0) is 13.6. The van der Waals surface area contributed by atoms with E-state index in [0.717, 1.165) is 13.1 Å². The van der Waals surface area contributed by atoms with Crippen LogP contribution in [0.1, 0.15) is 71.6 Å². The topological polar surface area (TPSA) is 40.5 Å². The van der Waals surface area contributed by atoms with E-state index < -0.39 is 5.97 Å². The zero-order valence-corrected chi connectivity index (χ0v) is 12.3. The second-order valence-corrected chi connectivity index (χ2v) is 5.11. The summed E-state index contributed by atoms with van der Waals surface area (Å²) in [6.45, 7) is 7.28. The second kappa shape index (κ2) is 12.9. The monoisotopic (exact) mass is 257 g/mol. The summed E-state index contributed by atoms with van der Waals surface area (Å²) in [4.78, 5) is 13.0. The number of rotatable bonds is 13. The highest BCUT2D eigenvalue weighted by molar-refractivity contribution is 5.66. The van der Waals surface area contributed by atoms with Crippen LogP contribution >= 0.6 is 0 Å². The molecule has 0 unspecified atom stereocenters. The van der Waals surface area contributed by atoms with Gasteiger partial charge in [0.2, 0.25) is 0 Å². The molecule has 1 N–H and O–H groups in total. The minimum atomic E-state index is -0.679. The number of hydrogen-bond donors (Lipinski definition) is 1. The van der Waals surface area contributed by atoms with Crippen molar-refractivity contribution in [3.05, 3.63) is 0 Å². The zero-order valence-electron chi connectivity index (χ0n) is 12.3. The Kier molecular flexibility index (Phi) is 12.5. The van der Waals surface area contributed by atoms with E-state index in [9.17, 15) is 4.79 Å². The van der Waals surface area contributed by atoms with Crippen LogP contribution in [-0.2, 0) is 4.79 Å². The molecule has 0 aliphatic heterocycles. The highest BCUT2D eigenvalue weighted by Crippen LogP contribution is 2.06. The van der Waals surface area contributed by atoms with Crippen LogP contribution in [0.4, 0.5) is 0 Å². The molecule has 108 valence electrons. The highest BCUT2D eigenvalue weighted by Gasteiger charge is 2.06. The quantitative estimate of drug-likeness (QED) is 0.508. The normalized spacial score (nSPS) is 11.1. The van der Waals surface area contributed by atoms with Crippen LogP contribution in [0.15, 0.2) is 0 Å². The van der Waals surface area contributed by atoms with E-state index in [2.05, 4.69) is 18.7 Å². The number of nitrogens with zero attached hydrogens (tertiary/aromatic N) is 1. The van der Waals surface area contributed by atoms with Gasteiger partial charge in [0.1, 0.15) is 0 Å². The smallest absolute Gasteiger partial charge is 0.304 e. The maximum atomic E-state index is 10.6. The van der Waals surface area contributed by atoms with Gasteiger partial charge in [0, 0.05) is 6.54 Å². The number of carbonyl (C=O) groups is 1. The van der Waals surface area contributed by atoms with Gasteiger partial charge in [-0.05, 0) is 25.9 Å². The van der Waals surface area contributed by atoms with Crippen molar-refractivity contribution in [1.29, 1.82) is 0 Å². The van der Waals surface area contributed by atoms with Crippen molar-refractivity contribution >= 4 is 5.97 Å². The summed E-state index contributed by atoms with van der Waals surface area (Å²) >= 11 is 0. The van der Waals surface area contributed by atoms with Gasteiger partial charge in [0.05, 0.1) is 6.42 Å². The first kappa shape index (κ1) is 17.4. The molecule has 0 amide bonds.